The highest BCUT2D eigenvalue weighted by Crippen LogP contribution is 2.78. The van der Waals surface area contributed by atoms with Gasteiger partial charge in [-0.2, -0.15) is 0 Å². The van der Waals surface area contributed by atoms with Crippen molar-refractivity contribution in [2.24, 2.45) is 51.2 Å². The lowest BCUT2D eigenvalue weighted by Gasteiger charge is -2.71. The predicted molar refractivity (Wildman–Crippen MR) is 241 cm³/mol. The maximum atomic E-state index is 15.3. The molecule has 2 spiro atoms. The highest BCUT2D eigenvalue weighted by atomic mass is 32.1. The number of rotatable bonds is 8. The molecule has 1 amide bonds. The largest absolute Gasteiger partial charge is 0.446 e. The average molecular weight is 826 g/mol. The van der Waals surface area contributed by atoms with Crippen molar-refractivity contribution in [1.82, 2.24) is 4.90 Å². The monoisotopic (exact) mass is 825 g/mol. The Morgan fingerprint density at radius 3 is 2.38 bits per heavy atom. The molecule has 7 heteroatoms. The van der Waals surface area contributed by atoms with Gasteiger partial charge >= 0.3 is 6.09 Å². The van der Waals surface area contributed by atoms with Gasteiger partial charge in [-0.3, -0.25) is 4.79 Å². The van der Waals surface area contributed by atoms with E-state index in [9.17, 15) is 15.0 Å². The number of hydrogen-bond donors (Lipinski definition) is 2. The van der Waals surface area contributed by atoms with Crippen molar-refractivity contribution in [3.63, 3.8) is 0 Å². The van der Waals surface area contributed by atoms with Crippen molar-refractivity contribution in [2.75, 3.05) is 6.54 Å². The van der Waals surface area contributed by atoms with Crippen molar-refractivity contribution in [1.29, 1.82) is 0 Å². The van der Waals surface area contributed by atoms with Gasteiger partial charge in [-0.15, -0.1) is 11.3 Å². The van der Waals surface area contributed by atoms with Gasteiger partial charge in [-0.25, -0.2) is 4.79 Å². The number of aliphatic hydroxyl groups excluding tert-OH is 1. The number of Topliss-reactive ketones (excluding diaryl/α,β-unsaturated/α-hetero) is 1. The third-order valence-corrected chi connectivity index (χ3v) is 18.9. The molecule has 0 aliphatic heterocycles. The van der Waals surface area contributed by atoms with Crippen molar-refractivity contribution >= 4 is 44.1 Å². The second kappa shape index (κ2) is 14.4. The number of benzene rings is 3. The van der Waals surface area contributed by atoms with E-state index in [1.54, 1.807) is 11.3 Å². The molecule has 11 atom stereocenters. The van der Waals surface area contributed by atoms with E-state index in [0.29, 0.717) is 37.1 Å². The molecule has 2 N–H and O–H groups in total. The fourth-order valence-corrected chi connectivity index (χ4v) is 15.4. The minimum atomic E-state index is -1.21. The van der Waals surface area contributed by atoms with Crippen molar-refractivity contribution in [3.8, 4) is 0 Å². The Bertz CT molecular complexity index is 2380. The molecule has 0 radical (unpaired) electrons. The first-order chi connectivity index (χ1) is 28.7. The zero-order chi connectivity index (χ0) is 41.8. The summed E-state index contributed by atoms with van der Waals surface area (Å²) in [6.45, 7) is 12.0. The van der Waals surface area contributed by atoms with Crippen LogP contribution in [-0.4, -0.2) is 51.3 Å². The van der Waals surface area contributed by atoms with Crippen molar-refractivity contribution in [3.05, 3.63) is 107 Å². The maximum Gasteiger partial charge on any atom is 0.410 e. The van der Waals surface area contributed by atoms with Crippen LogP contribution in [0.3, 0.4) is 0 Å². The van der Waals surface area contributed by atoms with E-state index in [4.69, 9.17) is 4.74 Å². The van der Waals surface area contributed by atoms with Gasteiger partial charge in [-0.1, -0.05) is 120 Å². The van der Waals surface area contributed by atoms with Crippen LogP contribution in [0.1, 0.15) is 114 Å². The van der Waals surface area contributed by atoms with Crippen LogP contribution in [0.15, 0.2) is 96.6 Å². The van der Waals surface area contributed by atoms with Crippen molar-refractivity contribution in [2.45, 2.75) is 123 Å². The summed E-state index contributed by atoms with van der Waals surface area (Å²) < 4.78 is 7.74. The van der Waals surface area contributed by atoms with Gasteiger partial charge in [0.15, 0.2) is 5.78 Å². The van der Waals surface area contributed by atoms with E-state index in [0.717, 1.165) is 88.2 Å². The molecule has 1 aromatic heterocycles. The summed E-state index contributed by atoms with van der Waals surface area (Å²) in [6, 6.07) is 24.9. The first-order valence-corrected chi connectivity index (χ1v) is 23.8. The smallest absolute Gasteiger partial charge is 0.410 e. The van der Waals surface area contributed by atoms with Gasteiger partial charge in [0, 0.05) is 33.1 Å². The van der Waals surface area contributed by atoms with Gasteiger partial charge in [0.05, 0.1) is 23.1 Å². The standard InChI is InChI=1S/C53H63NO5S/c1-33(2)39-18-17-34(3)27-42(39)59-48(57)54(31-37-14-10-13-35-11-6-8-15-40(35)37)32-52(58)24-21-46-50(52,5)23-20-45-49(4)22-19-38(55)29-51(49)25-26-53(45,46)41(30-51)47(56)44-28-36-12-7-9-16-43(36)60-44/h6-16,25-26,28,30,33-34,38-39,42,45-46,55,58H,17-24,27,29,31-32H2,1-5H3. The van der Waals surface area contributed by atoms with Gasteiger partial charge in [0.2, 0.25) is 0 Å². The zero-order valence-corrected chi connectivity index (χ0v) is 37.0. The number of thiophene rings is 1. The SMILES string of the molecule is CC1CCC(C(C)C)C(OC(=O)N(Cc2cccc3ccccc23)CC2(O)CCC3C45C=CC6(C=C4C(=O)c4cc7ccccc7s4)CC(O)CCC6(C)C5CCC32C)C1. The average Bonchev–Trinajstić information content (AvgIpc) is 3.78. The third kappa shape index (κ3) is 5.91. The fraction of sp³-hybridized carbons (Fsp3) is 0.547. The zero-order valence-electron chi connectivity index (χ0n) is 36.2. The Hall–Kier alpha value is -3.78. The van der Waals surface area contributed by atoms with Crippen LogP contribution in [0, 0.1) is 51.2 Å². The third-order valence-electron chi connectivity index (χ3n) is 17.8. The summed E-state index contributed by atoms with van der Waals surface area (Å²) in [5.74, 6) is 1.46. The summed E-state index contributed by atoms with van der Waals surface area (Å²) in [4.78, 5) is 32.8. The number of amides is 1. The Kier molecular flexibility index (Phi) is 9.66. The Morgan fingerprint density at radius 2 is 1.58 bits per heavy atom. The summed E-state index contributed by atoms with van der Waals surface area (Å²) in [5.41, 5.74) is -0.996. The van der Waals surface area contributed by atoms with Crippen LogP contribution in [0.25, 0.3) is 20.9 Å². The number of aliphatic hydroxyl groups is 2. The topological polar surface area (TPSA) is 87.1 Å². The normalized spacial score (nSPS) is 38.0. The lowest BCUT2D eigenvalue weighted by atomic mass is 9.32. The lowest BCUT2D eigenvalue weighted by Crippen LogP contribution is -2.67. The second-order valence-electron chi connectivity index (χ2n) is 21.0. The molecule has 3 aromatic carbocycles. The first-order valence-electron chi connectivity index (χ1n) is 23.0. The van der Waals surface area contributed by atoms with Gasteiger partial charge in [-0.05, 0) is 127 Å². The second-order valence-corrected chi connectivity index (χ2v) is 22.1. The summed E-state index contributed by atoms with van der Waals surface area (Å²) >= 11 is 1.57. The van der Waals surface area contributed by atoms with Crippen LogP contribution in [0.5, 0.6) is 0 Å². The number of ether oxygens (including phenoxy) is 1. The Morgan fingerprint density at radius 1 is 0.867 bits per heavy atom. The van der Waals surface area contributed by atoms with Gasteiger partial charge in [0.1, 0.15) is 6.10 Å². The fourth-order valence-electron chi connectivity index (χ4n) is 14.4. The minimum Gasteiger partial charge on any atom is -0.446 e. The van der Waals surface area contributed by atoms with E-state index in [1.807, 2.05) is 29.2 Å². The number of hydrogen-bond acceptors (Lipinski definition) is 6. The van der Waals surface area contributed by atoms with E-state index in [2.05, 4.69) is 101 Å². The molecule has 0 saturated heterocycles. The molecule has 11 rings (SSSR count). The Balaban J connectivity index is 1.04. The molecule has 6 nitrogen and oxygen atoms in total. The maximum absolute atomic E-state index is 15.3. The van der Waals surface area contributed by atoms with Crippen LogP contribution in [-0.2, 0) is 11.3 Å². The van der Waals surface area contributed by atoms with Gasteiger partial charge in [0.25, 0.3) is 0 Å². The van der Waals surface area contributed by atoms with Gasteiger partial charge < -0.3 is 19.8 Å². The molecular weight excluding hydrogens is 763 g/mol. The molecule has 60 heavy (non-hydrogen) atoms. The summed E-state index contributed by atoms with van der Waals surface area (Å²) in [7, 11) is 0. The number of fused-ring (bicyclic) bond motifs is 3. The lowest BCUT2D eigenvalue weighted by molar-refractivity contribution is -0.175. The summed E-state index contributed by atoms with van der Waals surface area (Å²) in [5, 5.41) is 28.0. The number of ketones is 1. The quantitative estimate of drug-likeness (QED) is 0.136. The summed E-state index contributed by atoms with van der Waals surface area (Å²) in [6.07, 6.45) is 14.5. The molecule has 11 unspecified atom stereocenters. The number of nitrogens with zero attached hydrogens (tertiary/aromatic N) is 1. The van der Waals surface area contributed by atoms with E-state index in [1.165, 1.54) is 0 Å². The van der Waals surface area contributed by atoms with Crippen LogP contribution in [0.4, 0.5) is 4.79 Å². The molecule has 7 aliphatic carbocycles. The van der Waals surface area contributed by atoms with Crippen molar-refractivity contribution < 1.29 is 24.5 Å². The predicted octanol–water partition coefficient (Wildman–Crippen LogP) is 11.9. The molecular formula is C53H63NO5S. The molecule has 7 aliphatic rings. The first kappa shape index (κ1) is 40.3. The molecule has 4 fully saturated rings. The van der Waals surface area contributed by atoms with E-state index < -0.39 is 27.9 Å². The molecule has 316 valence electrons. The van der Waals surface area contributed by atoms with Crippen LogP contribution < -0.4 is 0 Å². The highest BCUT2D eigenvalue weighted by molar-refractivity contribution is 7.21. The number of carbonyl (C=O) groups is 2. The van der Waals surface area contributed by atoms with E-state index >= 15 is 4.79 Å². The number of allylic oxidation sites excluding steroid dienone is 4. The molecule has 4 saturated carbocycles. The minimum absolute atomic E-state index is 0.0171. The Labute approximate surface area is 360 Å². The van der Waals surface area contributed by atoms with Crippen LogP contribution >= 0.6 is 11.3 Å². The molecule has 4 aromatic rings. The van der Waals surface area contributed by atoms with Crippen LogP contribution in [0.2, 0.25) is 0 Å². The molecule has 2 bridgehead atoms. The van der Waals surface area contributed by atoms with E-state index in [-0.39, 0.29) is 41.8 Å². The highest BCUT2D eigenvalue weighted by Gasteiger charge is 2.74. The molecule has 1 heterocycles. The number of carbonyl (C=O) groups excluding carboxylic acids is 2.